The third kappa shape index (κ3) is 7.08. The van der Waals surface area contributed by atoms with E-state index < -0.39 is 0 Å². The standard InChI is InChI=1S/C18H40N2/c1-7-10-11-12-13-14-15-17(19-16-8-2)18(4,9-3)20(5)6/h17,19H,7-16H2,1-6H3. The van der Waals surface area contributed by atoms with Crippen LogP contribution in [0.2, 0.25) is 0 Å². The molecule has 1 N–H and O–H groups in total. The first kappa shape index (κ1) is 19.9. The van der Waals surface area contributed by atoms with Crippen molar-refractivity contribution in [3.05, 3.63) is 0 Å². The zero-order chi connectivity index (χ0) is 15.4. The van der Waals surface area contributed by atoms with Crippen LogP contribution in [0.5, 0.6) is 0 Å². The van der Waals surface area contributed by atoms with Crippen LogP contribution in [-0.4, -0.2) is 37.1 Å². The molecule has 0 aliphatic rings. The minimum atomic E-state index is 0.276. The fourth-order valence-corrected chi connectivity index (χ4v) is 2.95. The van der Waals surface area contributed by atoms with E-state index >= 15 is 0 Å². The molecule has 2 atom stereocenters. The van der Waals surface area contributed by atoms with Crippen LogP contribution in [0, 0.1) is 0 Å². The Morgan fingerprint density at radius 1 is 0.900 bits per heavy atom. The van der Waals surface area contributed by atoms with Gasteiger partial charge in [0.1, 0.15) is 0 Å². The van der Waals surface area contributed by atoms with E-state index in [1.165, 1.54) is 57.8 Å². The van der Waals surface area contributed by atoms with E-state index in [9.17, 15) is 0 Å². The van der Waals surface area contributed by atoms with Crippen LogP contribution in [-0.2, 0) is 0 Å². The Morgan fingerprint density at radius 3 is 2.00 bits per heavy atom. The Kier molecular flexibility index (Phi) is 11.5. The van der Waals surface area contributed by atoms with Crippen molar-refractivity contribution in [1.29, 1.82) is 0 Å². The minimum absolute atomic E-state index is 0.276. The van der Waals surface area contributed by atoms with E-state index in [1.807, 2.05) is 0 Å². The van der Waals surface area contributed by atoms with Gasteiger partial charge in [0.05, 0.1) is 0 Å². The first-order valence-electron chi connectivity index (χ1n) is 8.93. The van der Waals surface area contributed by atoms with Crippen LogP contribution in [0.15, 0.2) is 0 Å². The summed E-state index contributed by atoms with van der Waals surface area (Å²) in [5.74, 6) is 0. The SMILES string of the molecule is CCCCCCCCC(NCCC)C(C)(CC)N(C)C. The Hall–Kier alpha value is -0.0800. The predicted molar refractivity (Wildman–Crippen MR) is 92.5 cm³/mol. The topological polar surface area (TPSA) is 15.3 Å². The molecule has 0 aromatic rings. The third-order valence-corrected chi connectivity index (χ3v) is 4.98. The van der Waals surface area contributed by atoms with Crippen molar-refractivity contribution in [3.8, 4) is 0 Å². The van der Waals surface area contributed by atoms with E-state index in [1.54, 1.807) is 0 Å². The van der Waals surface area contributed by atoms with E-state index in [0.29, 0.717) is 6.04 Å². The molecule has 0 heterocycles. The third-order valence-electron chi connectivity index (χ3n) is 4.98. The molecular weight excluding hydrogens is 244 g/mol. The summed E-state index contributed by atoms with van der Waals surface area (Å²) in [4.78, 5) is 2.41. The second kappa shape index (κ2) is 11.6. The molecule has 20 heavy (non-hydrogen) atoms. The largest absolute Gasteiger partial charge is 0.312 e. The van der Waals surface area contributed by atoms with Crippen molar-refractivity contribution in [2.24, 2.45) is 0 Å². The zero-order valence-corrected chi connectivity index (χ0v) is 15.1. The van der Waals surface area contributed by atoms with Gasteiger partial charge in [-0.15, -0.1) is 0 Å². The van der Waals surface area contributed by atoms with Gasteiger partial charge in [-0.25, -0.2) is 0 Å². The Morgan fingerprint density at radius 2 is 1.50 bits per heavy atom. The average Bonchev–Trinajstić information content (AvgIpc) is 2.44. The Bertz CT molecular complexity index is 215. The molecule has 2 unspecified atom stereocenters. The molecule has 0 radical (unpaired) electrons. The molecule has 0 fully saturated rings. The molecule has 0 aliphatic heterocycles. The lowest BCUT2D eigenvalue weighted by atomic mass is 9.84. The molecule has 0 aromatic heterocycles. The van der Waals surface area contributed by atoms with Crippen LogP contribution in [0.3, 0.4) is 0 Å². The lowest BCUT2D eigenvalue weighted by Gasteiger charge is -2.43. The number of rotatable bonds is 13. The van der Waals surface area contributed by atoms with Gasteiger partial charge in [0.2, 0.25) is 0 Å². The summed E-state index contributed by atoms with van der Waals surface area (Å²) in [5.41, 5.74) is 0.276. The summed E-state index contributed by atoms with van der Waals surface area (Å²) in [6.45, 7) is 10.4. The van der Waals surface area contributed by atoms with Crippen LogP contribution >= 0.6 is 0 Å². The maximum absolute atomic E-state index is 3.80. The summed E-state index contributed by atoms with van der Waals surface area (Å²) in [6, 6.07) is 0.619. The van der Waals surface area contributed by atoms with Crippen molar-refractivity contribution < 1.29 is 0 Å². The first-order chi connectivity index (χ1) is 9.52. The molecule has 0 saturated carbocycles. The molecule has 0 bridgehead atoms. The summed E-state index contributed by atoms with van der Waals surface area (Å²) in [7, 11) is 4.46. The highest BCUT2D eigenvalue weighted by Gasteiger charge is 2.33. The molecule has 0 aliphatic carbocycles. The monoisotopic (exact) mass is 284 g/mol. The number of nitrogens with zero attached hydrogens (tertiary/aromatic N) is 1. The number of nitrogens with one attached hydrogen (secondary N) is 1. The van der Waals surface area contributed by atoms with Crippen molar-refractivity contribution >= 4 is 0 Å². The summed E-state index contributed by atoms with van der Waals surface area (Å²) >= 11 is 0. The van der Waals surface area contributed by atoms with Gasteiger partial charge in [-0.05, 0) is 46.8 Å². The Labute approximate surface area is 128 Å². The summed E-state index contributed by atoms with van der Waals surface area (Å²) < 4.78 is 0. The highest BCUT2D eigenvalue weighted by atomic mass is 15.2. The van der Waals surface area contributed by atoms with Crippen LogP contribution < -0.4 is 5.32 Å². The molecule has 0 rings (SSSR count). The predicted octanol–water partition coefficient (Wildman–Crippen LogP) is 4.84. The van der Waals surface area contributed by atoms with Gasteiger partial charge in [-0.1, -0.05) is 59.3 Å². The summed E-state index contributed by atoms with van der Waals surface area (Å²) in [6.07, 6.45) is 12.1. The van der Waals surface area contributed by atoms with Crippen molar-refractivity contribution in [2.45, 2.75) is 97.1 Å². The highest BCUT2D eigenvalue weighted by molar-refractivity contribution is 4.94. The van der Waals surface area contributed by atoms with Gasteiger partial charge in [0.25, 0.3) is 0 Å². The maximum atomic E-state index is 3.80. The van der Waals surface area contributed by atoms with Crippen molar-refractivity contribution in [2.75, 3.05) is 20.6 Å². The lowest BCUT2D eigenvalue weighted by Crippen LogP contribution is -2.56. The maximum Gasteiger partial charge on any atom is 0.0325 e. The Balaban J connectivity index is 4.26. The van der Waals surface area contributed by atoms with E-state index in [2.05, 4.69) is 52.0 Å². The smallest absolute Gasteiger partial charge is 0.0325 e. The molecule has 0 amide bonds. The van der Waals surface area contributed by atoms with E-state index in [-0.39, 0.29) is 5.54 Å². The van der Waals surface area contributed by atoms with Crippen molar-refractivity contribution in [1.82, 2.24) is 10.2 Å². The minimum Gasteiger partial charge on any atom is -0.312 e. The summed E-state index contributed by atoms with van der Waals surface area (Å²) in [5, 5.41) is 3.80. The molecule has 122 valence electrons. The molecule has 0 aromatic carbocycles. The molecule has 2 nitrogen and oxygen atoms in total. The number of hydrogen-bond acceptors (Lipinski definition) is 2. The van der Waals surface area contributed by atoms with Gasteiger partial charge >= 0.3 is 0 Å². The fourth-order valence-electron chi connectivity index (χ4n) is 2.95. The van der Waals surface area contributed by atoms with Gasteiger partial charge < -0.3 is 10.2 Å². The lowest BCUT2D eigenvalue weighted by molar-refractivity contribution is 0.106. The fraction of sp³-hybridized carbons (Fsp3) is 1.00. The number of unbranched alkanes of at least 4 members (excludes halogenated alkanes) is 5. The highest BCUT2D eigenvalue weighted by Crippen LogP contribution is 2.25. The first-order valence-corrected chi connectivity index (χ1v) is 8.93. The van der Waals surface area contributed by atoms with E-state index in [4.69, 9.17) is 0 Å². The van der Waals surface area contributed by atoms with Crippen LogP contribution in [0.4, 0.5) is 0 Å². The molecule has 0 spiro atoms. The van der Waals surface area contributed by atoms with E-state index in [0.717, 1.165) is 6.54 Å². The molecule has 0 saturated heterocycles. The van der Waals surface area contributed by atoms with Crippen LogP contribution in [0.25, 0.3) is 0 Å². The molecular formula is C18H40N2. The second-order valence-electron chi connectivity index (χ2n) is 6.67. The van der Waals surface area contributed by atoms with Gasteiger partial charge in [-0.2, -0.15) is 0 Å². The molecule has 2 heteroatoms. The second-order valence-corrected chi connectivity index (χ2v) is 6.67. The van der Waals surface area contributed by atoms with Gasteiger partial charge in [0.15, 0.2) is 0 Å². The number of hydrogen-bond donors (Lipinski definition) is 1. The zero-order valence-electron chi connectivity index (χ0n) is 15.1. The van der Waals surface area contributed by atoms with Crippen LogP contribution in [0.1, 0.15) is 85.5 Å². The van der Waals surface area contributed by atoms with Crippen molar-refractivity contribution in [3.63, 3.8) is 0 Å². The quantitative estimate of drug-likeness (QED) is 0.487. The van der Waals surface area contributed by atoms with Gasteiger partial charge in [-0.3, -0.25) is 0 Å². The number of likely N-dealkylation sites (N-methyl/N-ethyl adjacent to an activating group) is 1. The average molecular weight is 285 g/mol. The normalized spacial score (nSPS) is 16.4. The van der Waals surface area contributed by atoms with Gasteiger partial charge in [0, 0.05) is 11.6 Å².